The van der Waals surface area contributed by atoms with E-state index in [2.05, 4.69) is 0 Å². The molecule has 10 aromatic rings. The van der Waals surface area contributed by atoms with Gasteiger partial charge in [0.15, 0.2) is 0 Å². The highest BCUT2D eigenvalue weighted by Crippen LogP contribution is 2.63. The second-order valence-corrected chi connectivity index (χ2v) is 30.5. The number of benzene rings is 10. The van der Waals surface area contributed by atoms with Crippen molar-refractivity contribution in [1.29, 1.82) is 0 Å². The Morgan fingerprint density at radius 2 is 0.600 bits per heavy atom. The summed E-state index contributed by atoms with van der Waals surface area (Å²) in [7, 11) is -16.0. The van der Waals surface area contributed by atoms with Gasteiger partial charge in [0.2, 0.25) is 0 Å². The van der Waals surface area contributed by atoms with Gasteiger partial charge < -0.3 is 28.3 Å². The summed E-state index contributed by atoms with van der Waals surface area (Å²) in [6, 6.07) is 66.2. The minimum atomic E-state index is -4.27. The first-order chi connectivity index (χ1) is 38.6. The Morgan fingerprint density at radius 3 is 0.975 bits per heavy atom. The van der Waals surface area contributed by atoms with Crippen molar-refractivity contribution in [2.75, 3.05) is 0 Å². The maximum absolute atomic E-state index is 16.4. The molecule has 4 heterocycles. The average Bonchev–Trinajstić information content (AvgIpc) is 3.59. The molecule has 80 heavy (non-hydrogen) atoms. The van der Waals surface area contributed by atoms with Crippen LogP contribution in [-0.4, -0.2) is 10.2 Å². The molecule has 0 aromatic heterocycles. The number of aromatic hydroxyl groups is 2. The van der Waals surface area contributed by atoms with Gasteiger partial charge in [0.1, 0.15) is 34.5 Å². The Balaban J connectivity index is 0.972. The van der Waals surface area contributed by atoms with E-state index in [0.717, 1.165) is 38.9 Å². The van der Waals surface area contributed by atoms with Crippen molar-refractivity contribution in [3.8, 4) is 79.0 Å². The average molecular weight is 1130 g/mol. The Morgan fingerprint density at radius 1 is 0.325 bits per heavy atom. The van der Waals surface area contributed by atoms with Crippen LogP contribution in [0.4, 0.5) is 0 Å². The summed E-state index contributed by atoms with van der Waals surface area (Å²) in [5, 5.41) is 27.6. The number of phenolic OH excluding ortho intramolecular Hbond substituents is 2. The van der Waals surface area contributed by atoms with Crippen molar-refractivity contribution in [3.63, 3.8) is 0 Å². The number of fused-ring (bicyclic) bond motifs is 12. The third kappa shape index (κ3) is 7.91. The van der Waals surface area contributed by atoms with Gasteiger partial charge in [0.25, 0.3) is 22.1 Å². The SMILES string of the molecule is CC(C)(c1cc(CP2(=O)Oc3ccccc3-c3ccccc32)c(O)c(CP2(=O)Oc3ccccc3-c3ccccc32)c1)c1cc(CP2(=O)Oc3ccccc3-c3ccccc32)c(O)c(P2(=O)Oc3ccccc3-c3ccccc32)c1. The molecule has 4 atom stereocenters. The van der Waals surface area contributed by atoms with Crippen molar-refractivity contribution in [1.82, 2.24) is 0 Å². The van der Waals surface area contributed by atoms with Crippen LogP contribution in [0.5, 0.6) is 34.5 Å². The number of phenols is 2. The van der Waals surface area contributed by atoms with Gasteiger partial charge >= 0.3 is 7.37 Å². The highest BCUT2D eigenvalue weighted by molar-refractivity contribution is 7.75. The van der Waals surface area contributed by atoms with Crippen molar-refractivity contribution >= 4 is 56.0 Å². The fourth-order valence-corrected chi connectivity index (χ4v) is 21.5. The van der Waals surface area contributed by atoms with Crippen LogP contribution >= 0.6 is 29.5 Å². The second kappa shape index (κ2) is 18.5. The molecule has 0 spiro atoms. The third-order valence-corrected chi connectivity index (χ3v) is 25.6. The lowest BCUT2D eigenvalue weighted by molar-refractivity contribution is 0.455. The first kappa shape index (κ1) is 50.2. The second-order valence-electron chi connectivity index (χ2n) is 21.2. The number of hydrogen-bond donors (Lipinski definition) is 2. The molecule has 394 valence electrons. The number of para-hydroxylation sites is 4. The van der Waals surface area contributed by atoms with Crippen LogP contribution in [0.15, 0.2) is 218 Å². The molecule has 0 amide bonds. The summed E-state index contributed by atoms with van der Waals surface area (Å²) in [6.45, 7) is 3.90. The molecule has 0 fully saturated rings. The Kier molecular flexibility index (Phi) is 11.6. The zero-order valence-corrected chi connectivity index (χ0v) is 46.9. The molecular weight excluding hydrogens is 1080 g/mol. The lowest BCUT2D eigenvalue weighted by atomic mass is 9.76. The quantitative estimate of drug-likeness (QED) is 0.134. The largest absolute Gasteiger partial charge is 0.507 e. The van der Waals surface area contributed by atoms with E-state index in [9.17, 15) is 10.2 Å². The van der Waals surface area contributed by atoms with Gasteiger partial charge in [-0.2, -0.15) is 0 Å². The molecule has 0 aliphatic carbocycles. The molecule has 14 heteroatoms. The third-order valence-electron chi connectivity index (χ3n) is 16.0. The molecule has 0 saturated carbocycles. The molecular formula is C66H50O10P4. The monoisotopic (exact) mass is 1130 g/mol. The topological polar surface area (TPSA) is 146 Å². The molecule has 0 radical (unpaired) electrons. The Labute approximate surface area is 463 Å². The van der Waals surface area contributed by atoms with E-state index in [0.29, 0.717) is 60.9 Å². The molecule has 10 nitrogen and oxygen atoms in total. The van der Waals surface area contributed by atoms with Gasteiger partial charge in [-0.15, -0.1) is 0 Å². The highest BCUT2D eigenvalue weighted by Gasteiger charge is 2.45. The van der Waals surface area contributed by atoms with Gasteiger partial charge in [0, 0.05) is 44.4 Å². The van der Waals surface area contributed by atoms with Crippen LogP contribution in [0.3, 0.4) is 0 Å². The van der Waals surface area contributed by atoms with E-state index in [1.54, 1.807) is 84.9 Å². The lowest BCUT2D eigenvalue weighted by Crippen LogP contribution is -2.29. The van der Waals surface area contributed by atoms with Crippen LogP contribution in [0.1, 0.15) is 41.7 Å². The predicted molar refractivity (Wildman–Crippen MR) is 318 cm³/mol. The van der Waals surface area contributed by atoms with E-state index in [1.807, 2.05) is 147 Å². The molecule has 0 bridgehead atoms. The van der Waals surface area contributed by atoms with Crippen LogP contribution in [0, 0.1) is 0 Å². The first-order valence-electron chi connectivity index (χ1n) is 26.3. The normalized spacial score (nSPS) is 20.7. The summed E-state index contributed by atoms with van der Waals surface area (Å²) in [6.07, 6.45) is -0.801. The lowest BCUT2D eigenvalue weighted by Gasteiger charge is -2.34. The van der Waals surface area contributed by atoms with Gasteiger partial charge in [-0.3, -0.25) is 18.3 Å². The fraction of sp³-hybridized carbons (Fsp3) is 0.0909. The molecule has 4 unspecified atom stereocenters. The molecule has 14 rings (SSSR count). The van der Waals surface area contributed by atoms with Gasteiger partial charge in [-0.1, -0.05) is 178 Å². The maximum Gasteiger partial charge on any atom is 0.311 e. The molecule has 2 N–H and O–H groups in total. The van der Waals surface area contributed by atoms with Crippen molar-refractivity contribution < 1.29 is 46.6 Å². The minimum absolute atomic E-state index is 0.0119. The van der Waals surface area contributed by atoms with E-state index in [-0.39, 0.29) is 52.0 Å². The fourth-order valence-electron chi connectivity index (χ4n) is 12.0. The first-order valence-corrected chi connectivity index (χ1v) is 33.3. The van der Waals surface area contributed by atoms with E-state index in [4.69, 9.17) is 18.1 Å². The number of rotatable bonds is 9. The standard InChI is InChI=1S/C66H50O10P4/c1-66(2,46-37-44(41-79(71)61-33-17-9-25-53(61)49-21-5-13-29-57(49)75-79)65(68)63(38-46)80(72)62-34-18-10-26-54(62)50-22-6-14-30-58(50)76-80)45-35-42(39-77(69)59-31-15-7-23-51(59)47-19-3-11-27-55(47)73-77)64(67)43(36-45)40-78(70)60-32-16-8-24-52(60)48-20-4-12-28-56(48)74-78/h3-38,67-68H,39-41H2,1-2H3. The summed E-state index contributed by atoms with van der Waals surface area (Å²) in [5.41, 5.74) is 6.71. The Bertz CT molecular complexity index is 4340. The van der Waals surface area contributed by atoms with Crippen LogP contribution in [0.25, 0.3) is 44.5 Å². The zero-order valence-electron chi connectivity index (χ0n) is 43.4. The van der Waals surface area contributed by atoms with E-state index >= 15 is 18.3 Å². The summed E-state index contributed by atoms with van der Waals surface area (Å²) >= 11 is 0. The maximum atomic E-state index is 16.4. The van der Waals surface area contributed by atoms with Crippen LogP contribution in [0.2, 0.25) is 0 Å². The Hall–Kier alpha value is -8.08. The smallest absolute Gasteiger partial charge is 0.311 e. The molecule has 4 aliphatic heterocycles. The van der Waals surface area contributed by atoms with Crippen molar-refractivity contribution in [2.45, 2.75) is 37.7 Å². The van der Waals surface area contributed by atoms with Gasteiger partial charge in [0.05, 0.1) is 45.0 Å². The van der Waals surface area contributed by atoms with E-state index in [1.165, 1.54) is 0 Å². The van der Waals surface area contributed by atoms with E-state index < -0.39 is 34.9 Å². The van der Waals surface area contributed by atoms with Gasteiger partial charge in [-0.05, 0) is 88.0 Å². The zero-order chi connectivity index (χ0) is 54.8. The molecule has 0 saturated heterocycles. The molecule has 10 aromatic carbocycles. The van der Waals surface area contributed by atoms with Crippen molar-refractivity contribution in [2.24, 2.45) is 0 Å². The minimum Gasteiger partial charge on any atom is -0.507 e. The predicted octanol–water partition coefficient (Wildman–Crippen LogP) is 15.2. The van der Waals surface area contributed by atoms with Crippen LogP contribution < -0.4 is 44.6 Å². The summed E-state index contributed by atoms with van der Waals surface area (Å²) < 4.78 is 90.3. The van der Waals surface area contributed by atoms with Crippen molar-refractivity contribution in [3.05, 3.63) is 246 Å². The summed E-state index contributed by atoms with van der Waals surface area (Å²) in [4.78, 5) is 0. The van der Waals surface area contributed by atoms with Gasteiger partial charge in [-0.25, -0.2) is 0 Å². The highest BCUT2D eigenvalue weighted by atomic mass is 31.2. The molecule has 4 aliphatic rings. The van der Waals surface area contributed by atoms with Crippen LogP contribution in [-0.2, 0) is 42.2 Å². The number of hydrogen-bond acceptors (Lipinski definition) is 10. The summed E-state index contributed by atoms with van der Waals surface area (Å²) in [5.74, 6) is 1.12.